The quantitative estimate of drug-likeness (QED) is 0.146. The monoisotopic (exact) mass is 284 g/mol. The Labute approximate surface area is 118 Å². The molecule has 0 radical (unpaired) electrons. The lowest BCUT2D eigenvalue weighted by atomic mass is 10.1. The third-order valence-corrected chi connectivity index (χ3v) is 2.40. The fourth-order valence-electron chi connectivity index (χ4n) is 1.29. The van der Waals surface area contributed by atoms with Crippen LogP contribution in [0.15, 0.2) is 17.1 Å². The van der Waals surface area contributed by atoms with Crippen molar-refractivity contribution in [3.63, 3.8) is 0 Å². The van der Waals surface area contributed by atoms with Crippen LogP contribution < -0.4 is 27.8 Å². The maximum atomic E-state index is 11.6. The van der Waals surface area contributed by atoms with Crippen LogP contribution in [0, 0.1) is 0 Å². The molecule has 0 aliphatic heterocycles. The standard InChI is InChI=1S/C12H24N6O2/c1-8(2)10(19)16-6-7-17-11(20)9(13)4-3-5-18-12(14)15/h9H,1,3-7,13H2,2H3,(H,16,19)(H,17,20)(H4,14,15,18)/t9-/m0/s1. The summed E-state index contributed by atoms with van der Waals surface area (Å²) in [5.74, 6) is -0.476. The van der Waals surface area contributed by atoms with Crippen molar-refractivity contribution in [1.29, 1.82) is 0 Å². The molecule has 0 unspecified atom stereocenters. The molecule has 2 amide bonds. The molecule has 0 heterocycles. The highest BCUT2D eigenvalue weighted by Crippen LogP contribution is 1.95. The van der Waals surface area contributed by atoms with Crippen molar-refractivity contribution in [2.45, 2.75) is 25.8 Å². The summed E-state index contributed by atoms with van der Waals surface area (Å²) in [6.45, 7) is 6.21. The summed E-state index contributed by atoms with van der Waals surface area (Å²) in [4.78, 5) is 26.6. The van der Waals surface area contributed by atoms with Gasteiger partial charge in [0.1, 0.15) is 0 Å². The van der Waals surface area contributed by atoms with E-state index < -0.39 is 6.04 Å². The summed E-state index contributed by atoms with van der Waals surface area (Å²) in [5, 5.41) is 5.23. The van der Waals surface area contributed by atoms with Crippen molar-refractivity contribution in [2.24, 2.45) is 22.2 Å². The number of carbonyl (C=O) groups excluding carboxylic acids is 2. The number of amides is 2. The Balaban J connectivity index is 3.72. The van der Waals surface area contributed by atoms with Crippen molar-refractivity contribution in [2.75, 3.05) is 19.6 Å². The number of nitrogens with two attached hydrogens (primary N) is 3. The Morgan fingerprint density at radius 2 is 1.85 bits per heavy atom. The highest BCUT2D eigenvalue weighted by atomic mass is 16.2. The highest BCUT2D eigenvalue weighted by molar-refractivity contribution is 5.92. The van der Waals surface area contributed by atoms with Crippen molar-refractivity contribution < 1.29 is 9.59 Å². The summed E-state index contributed by atoms with van der Waals surface area (Å²) in [6.07, 6.45) is 1.11. The van der Waals surface area contributed by atoms with E-state index in [1.54, 1.807) is 6.92 Å². The lowest BCUT2D eigenvalue weighted by molar-refractivity contribution is -0.123. The van der Waals surface area contributed by atoms with Crippen molar-refractivity contribution in [1.82, 2.24) is 10.6 Å². The van der Waals surface area contributed by atoms with Crippen LogP contribution >= 0.6 is 0 Å². The van der Waals surface area contributed by atoms with Gasteiger partial charge in [0, 0.05) is 25.2 Å². The van der Waals surface area contributed by atoms with E-state index in [1.807, 2.05) is 0 Å². The molecule has 114 valence electrons. The lowest BCUT2D eigenvalue weighted by Gasteiger charge is -2.12. The molecule has 0 aliphatic carbocycles. The van der Waals surface area contributed by atoms with Crippen LogP contribution in [0.4, 0.5) is 0 Å². The Hall–Kier alpha value is -2.09. The van der Waals surface area contributed by atoms with E-state index in [1.165, 1.54) is 0 Å². The Kier molecular flexibility index (Phi) is 8.77. The van der Waals surface area contributed by atoms with E-state index in [9.17, 15) is 9.59 Å². The van der Waals surface area contributed by atoms with Crippen LogP contribution in [-0.2, 0) is 9.59 Å². The second-order valence-electron chi connectivity index (χ2n) is 4.38. The molecule has 0 aromatic rings. The molecule has 8 heteroatoms. The van der Waals surface area contributed by atoms with E-state index >= 15 is 0 Å². The number of nitrogens with one attached hydrogen (secondary N) is 2. The van der Waals surface area contributed by atoms with Crippen molar-refractivity contribution in [3.8, 4) is 0 Å². The first-order valence-electron chi connectivity index (χ1n) is 6.37. The average molecular weight is 284 g/mol. The Morgan fingerprint density at radius 3 is 2.40 bits per heavy atom. The smallest absolute Gasteiger partial charge is 0.246 e. The number of nitrogens with zero attached hydrogens (tertiary/aromatic N) is 1. The molecule has 0 aromatic heterocycles. The van der Waals surface area contributed by atoms with Gasteiger partial charge in [0.05, 0.1) is 6.04 Å². The summed E-state index contributed by atoms with van der Waals surface area (Å²) < 4.78 is 0. The number of hydrogen-bond acceptors (Lipinski definition) is 4. The van der Waals surface area contributed by atoms with E-state index in [0.717, 1.165) is 0 Å². The zero-order chi connectivity index (χ0) is 15.5. The number of hydrogen-bond donors (Lipinski definition) is 5. The van der Waals surface area contributed by atoms with Gasteiger partial charge in [-0.05, 0) is 19.8 Å². The third kappa shape index (κ3) is 8.92. The molecule has 0 aromatic carbocycles. The van der Waals surface area contributed by atoms with Crippen molar-refractivity contribution in [3.05, 3.63) is 12.2 Å². The molecule has 0 saturated heterocycles. The maximum Gasteiger partial charge on any atom is 0.246 e. The predicted molar refractivity (Wildman–Crippen MR) is 78.7 cm³/mol. The van der Waals surface area contributed by atoms with Gasteiger partial charge in [-0.15, -0.1) is 0 Å². The average Bonchev–Trinajstić information content (AvgIpc) is 2.38. The van der Waals surface area contributed by atoms with Crippen LogP contribution in [0.1, 0.15) is 19.8 Å². The van der Waals surface area contributed by atoms with Crippen LogP contribution in [0.2, 0.25) is 0 Å². The molecule has 20 heavy (non-hydrogen) atoms. The number of rotatable bonds is 9. The highest BCUT2D eigenvalue weighted by Gasteiger charge is 2.12. The topological polar surface area (TPSA) is 149 Å². The lowest BCUT2D eigenvalue weighted by Crippen LogP contribution is -2.43. The van der Waals surface area contributed by atoms with E-state index in [4.69, 9.17) is 17.2 Å². The first-order chi connectivity index (χ1) is 9.34. The Morgan fingerprint density at radius 1 is 1.25 bits per heavy atom. The minimum atomic E-state index is -0.610. The molecule has 0 saturated carbocycles. The summed E-state index contributed by atoms with van der Waals surface area (Å²) in [6, 6.07) is -0.610. The van der Waals surface area contributed by atoms with E-state index in [-0.39, 0.29) is 17.8 Å². The van der Waals surface area contributed by atoms with Crippen LogP contribution in [0.5, 0.6) is 0 Å². The molecule has 0 fully saturated rings. The first-order valence-corrected chi connectivity index (χ1v) is 6.37. The molecular weight excluding hydrogens is 260 g/mol. The van der Waals surface area contributed by atoms with Gasteiger partial charge in [-0.1, -0.05) is 6.58 Å². The number of guanidine groups is 1. The fraction of sp³-hybridized carbons (Fsp3) is 0.583. The van der Waals surface area contributed by atoms with E-state index in [0.29, 0.717) is 38.0 Å². The minimum Gasteiger partial charge on any atom is -0.370 e. The molecule has 1 atom stereocenters. The van der Waals surface area contributed by atoms with Gasteiger partial charge < -0.3 is 27.8 Å². The zero-order valence-electron chi connectivity index (χ0n) is 11.8. The van der Waals surface area contributed by atoms with Crippen LogP contribution in [0.25, 0.3) is 0 Å². The maximum absolute atomic E-state index is 11.6. The first kappa shape index (κ1) is 17.9. The zero-order valence-corrected chi connectivity index (χ0v) is 11.8. The molecule has 8 N–H and O–H groups in total. The molecule has 0 rings (SSSR count). The summed E-state index contributed by atoms with van der Waals surface area (Å²) in [7, 11) is 0. The fourth-order valence-corrected chi connectivity index (χ4v) is 1.29. The van der Waals surface area contributed by atoms with Gasteiger partial charge >= 0.3 is 0 Å². The third-order valence-electron chi connectivity index (χ3n) is 2.40. The molecule has 0 aliphatic rings. The van der Waals surface area contributed by atoms with Gasteiger partial charge in [0.25, 0.3) is 0 Å². The van der Waals surface area contributed by atoms with Gasteiger partial charge in [0.15, 0.2) is 5.96 Å². The van der Waals surface area contributed by atoms with Crippen molar-refractivity contribution >= 4 is 17.8 Å². The number of aliphatic imine (C=N–C) groups is 1. The molecule has 0 spiro atoms. The van der Waals surface area contributed by atoms with Gasteiger partial charge in [0.2, 0.25) is 11.8 Å². The number of carbonyl (C=O) groups is 2. The Bertz CT molecular complexity index is 376. The van der Waals surface area contributed by atoms with E-state index in [2.05, 4.69) is 22.2 Å². The summed E-state index contributed by atoms with van der Waals surface area (Å²) in [5.41, 5.74) is 16.5. The summed E-state index contributed by atoms with van der Waals surface area (Å²) >= 11 is 0. The SMILES string of the molecule is C=C(C)C(=O)NCCNC(=O)[C@@H](N)CCCN=C(N)N. The predicted octanol–water partition coefficient (Wildman–Crippen LogP) is -1.82. The molecular formula is C12H24N6O2. The molecule has 8 nitrogen and oxygen atoms in total. The van der Waals surface area contributed by atoms with Gasteiger partial charge in [-0.2, -0.15) is 0 Å². The second kappa shape index (κ2) is 9.79. The largest absolute Gasteiger partial charge is 0.370 e. The second-order valence-corrected chi connectivity index (χ2v) is 4.38. The minimum absolute atomic E-state index is 0.0243. The normalized spacial score (nSPS) is 11.3. The van der Waals surface area contributed by atoms with Crippen LogP contribution in [-0.4, -0.2) is 43.5 Å². The molecule has 0 bridgehead atoms. The van der Waals surface area contributed by atoms with Gasteiger partial charge in [-0.3, -0.25) is 14.6 Å². The van der Waals surface area contributed by atoms with Crippen LogP contribution in [0.3, 0.4) is 0 Å². The van der Waals surface area contributed by atoms with Gasteiger partial charge in [-0.25, -0.2) is 0 Å².